The van der Waals surface area contributed by atoms with Crippen LogP contribution >= 0.6 is 0 Å². The van der Waals surface area contributed by atoms with Gasteiger partial charge in [0.2, 0.25) is 0 Å². The first kappa shape index (κ1) is 15.7. The molecule has 2 unspecified atom stereocenters. The van der Waals surface area contributed by atoms with Gasteiger partial charge in [0.25, 0.3) is 0 Å². The molecular formula is C12H22N2O5. The van der Waals surface area contributed by atoms with E-state index in [2.05, 4.69) is 5.32 Å². The molecule has 0 aromatic heterocycles. The molecule has 1 aliphatic heterocycles. The van der Waals surface area contributed by atoms with E-state index in [1.54, 1.807) is 19.1 Å². The average Bonchev–Trinajstić information content (AvgIpc) is 2.43. The second-order valence-electron chi connectivity index (χ2n) is 4.62. The largest absolute Gasteiger partial charge is 0.481 e. The topological polar surface area (TPSA) is 88.1 Å². The summed E-state index contributed by atoms with van der Waals surface area (Å²) < 4.78 is 10.1. The molecule has 2 atom stereocenters. The highest BCUT2D eigenvalue weighted by Gasteiger charge is 2.28. The summed E-state index contributed by atoms with van der Waals surface area (Å²) in [5.74, 6) is -1.30. The van der Waals surface area contributed by atoms with Gasteiger partial charge in [-0.1, -0.05) is 0 Å². The Bertz CT molecular complexity index is 310. The SMILES string of the molecule is COCC(CNC(=O)N1CCCC(C(=O)O)C1)OC. The predicted octanol–water partition coefficient (Wildman–Crippen LogP) is 0.154. The van der Waals surface area contributed by atoms with Crippen LogP contribution in [0.15, 0.2) is 0 Å². The number of aliphatic carboxylic acids is 1. The van der Waals surface area contributed by atoms with E-state index in [0.717, 1.165) is 6.42 Å². The number of piperidine rings is 1. The lowest BCUT2D eigenvalue weighted by atomic mass is 9.99. The predicted molar refractivity (Wildman–Crippen MR) is 68.0 cm³/mol. The number of urea groups is 1. The van der Waals surface area contributed by atoms with Crippen LogP contribution in [0.5, 0.6) is 0 Å². The van der Waals surface area contributed by atoms with Gasteiger partial charge in [0.05, 0.1) is 18.6 Å². The fourth-order valence-corrected chi connectivity index (χ4v) is 2.07. The Morgan fingerprint density at radius 3 is 2.79 bits per heavy atom. The van der Waals surface area contributed by atoms with Gasteiger partial charge in [-0.3, -0.25) is 4.79 Å². The molecule has 0 aromatic carbocycles. The number of amides is 2. The number of carboxylic acid groups (broad SMARTS) is 1. The number of ether oxygens (including phenoxy) is 2. The zero-order valence-corrected chi connectivity index (χ0v) is 11.4. The van der Waals surface area contributed by atoms with E-state index in [1.807, 2.05) is 0 Å². The molecule has 0 aliphatic carbocycles. The van der Waals surface area contributed by atoms with Crippen molar-refractivity contribution < 1.29 is 24.2 Å². The van der Waals surface area contributed by atoms with Crippen molar-refractivity contribution in [1.29, 1.82) is 0 Å². The molecule has 2 amide bonds. The van der Waals surface area contributed by atoms with Gasteiger partial charge in [0.15, 0.2) is 0 Å². The Morgan fingerprint density at radius 2 is 2.21 bits per heavy atom. The van der Waals surface area contributed by atoms with Gasteiger partial charge in [-0.25, -0.2) is 4.79 Å². The fourth-order valence-electron chi connectivity index (χ4n) is 2.07. The molecule has 19 heavy (non-hydrogen) atoms. The van der Waals surface area contributed by atoms with E-state index in [4.69, 9.17) is 14.6 Å². The summed E-state index contributed by atoms with van der Waals surface area (Å²) in [4.78, 5) is 24.4. The maximum absolute atomic E-state index is 11.9. The minimum absolute atomic E-state index is 0.200. The highest BCUT2D eigenvalue weighted by molar-refractivity contribution is 5.76. The highest BCUT2D eigenvalue weighted by Crippen LogP contribution is 2.16. The third-order valence-electron chi connectivity index (χ3n) is 3.22. The molecule has 7 nitrogen and oxygen atoms in total. The zero-order valence-electron chi connectivity index (χ0n) is 11.4. The minimum Gasteiger partial charge on any atom is -0.481 e. The van der Waals surface area contributed by atoms with E-state index < -0.39 is 11.9 Å². The third-order valence-corrected chi connectivity index (χ3v) is 3.22. The molecule has 2 N–H and O–H groups in total. The third kappa shape index (κ3) is 5.04. The molecular weight excluding hydrogens is 252 g/mol. The second kappa shape index (κ2) is 7.96. The van der Waals surface area contributed by atoms with Crippen molar-refractivity contribution in [3.05, 3.63) is 0 Å². The van der Waals surface area contributed by atoms with Crippen molar-refractivity contribution in [3.63, 3.8) is 0 Å². The van der Waals surface area contributed by atoms with Crippen LogP contribution in [-0.4, -0.2) is 68.6 Å². The lowest BCUT2D eigenvalue weighted by molar-refractivity contribution is -0.143. The van der Waals surface area contributed by atoms with Crippen LogP contribution < -0.4 is 5.32 Å². The summed E-state index contributed by atoms with van der Waals surface area (Å²) in [6, 6.07) is -0.246. The molecule has 110 valence electrons. The zero-order chi connectivity index (χ0) is 14.3. The normalized spacial score (nSPS) is 20.9. The highest BCUT2D eigenvalue weighted by atomic mass is 16.5. The van der Waals surface area contributed by atoms with E-state index in [-0.39, 0.29) is 18.7 Å². The van der Waals surface area contributed by atoms with E-state index in [0.29, 0.717) is 26.1 Å². The van der Waals surface area contributed by atoms with Gasteiger partial charge in [0, 0.05) is 33.9 Å². The van der Waals surface area contributed by atoms with Crippen LogP contribution in [0.4, 0.5) is 4.79 Å². The molecule has 7 heteroatoms. The van der Waals surface area contributed by atoms with Crippen molar-refractivity contribution in [2.75, 3.05) is 40.5 Å². The number of carbonyl (C=O) groups excluding carboxylic acids is 1. The number of hydrogen-bond acceptors (Lipinski definition) is 4. The summed E-state index contributed by atoms with van der Waals surface area (Å²) in [5, 5.41) is 11.7. The Balaban J connectivity index is 2.38. The number of rotatable bonds is 6. The van der Waals surface area contributed by atoms with Gasteiger partial charge >= 0.3 is 12.0 Å². The number of likely N-dealkylation sites (tertiary alicyclic amines) is 1. The fraction of sp³-hybridized carbons (Fsp3) is 0.833. The molecule has 0 spiro atoms. The van der Waals surface area contributed by atoms with Gasteiger partial charge in [0.1, 0.15) is 0 Å². The first-order valence-corrected chi connectivity index (χ1v) is 6.35. The lowest BCUT2D eigenvalue weighted by Crippen LogP contribution is -2.49. The van der Waals surface area contributed by atoms with Crippen molar-refractivity contribution in [2.45, 2.75) is 18.9 Å². The number of carboxylic acids is 1. The first-order chi connectivity index (χ1) is 9.08. The summed E-state index contributed by atoms with van der Waals surface area (Å²) in [6.45, 7) is 1.60. The Kier molecular flexibility index (Phi) is 6.58. The summed E-state index contributed by atoms with van der Waals surface area (Å²) in [6.07, 6.45) is 1.15. The summed E-state index contributed by atoms with van der Waals surface area (Å²) in [7, 11) is 3.12. The van der Waals surface area contributed by atoms with Crippen molar-refractivity contribution in [1.82, 2.24) is 10.2 Å². The number of hydrogen-bond donors (Lipinski definition) is 2. The van der Waals surface area contributed by atoms with Crippen LogP contribution in [0.2, 0.25) is 0 Å². The van der Waals surface area contributed by atoms with E-state index in [1.165, 1.54) is 0 Å². The number of nitrogens with zero attached hydrogens (tertiary/aromatic N) is 1. The van der Waals surface area contributed by atoms with Gasteiger partial charge in [-0.15, -0.1) is 0 Å². The number of nitrogens with one attached hydrogen (secondary N) is 1. The summed E-state index contributed by atoms with van der Waals surface area (Å²) >= 11 is 0. The van der Waals surface area contributed by atoms with Crippen molar-refractivity contribution >= 4 is 12.0 Å². The molecule has 0 radical (unpaired) electrons. The second-order valence-corrected chi connectivity index (χ2v) is 4.62. The number of carbonyl (C=O) groups is 2. The molecule has 0 saturated carbocycles. The standard InChI is InChI=1S/C12H22N2O5/c1-18-8-10(19-2)6-13-12(17)14-5-3-4-9(7-14)11(15)16/h9-10H,3-8H2,1-2H3,(H,13,17)(H,15,16). The molecule has 1 fully saturated rings. The molecule has 1 saturated heterocycles. The van der Waals surface area contributed by atoms with Crippen molar-refractivity contribution in [3.8, 4) is 0 Å². The van der Waals surface area contributed by atoms with Gasteiger partial charge in [-0.05, 0) is 12.8 Å². The summed E-state index contributed by atoms with van der Waals surface area (Å²) in [5.41, 5.74) is 0. The average molecular weight is 274 g/mol. The van der Waals surface area contributed by atoms with Gasteiger partial charge in [-0.2, -0.15) is 0 Å². The smallest absolute Gasteiger partial charge is 0.317 e. The Hall–Kier alpha value is -1.34. The van der Waals surface area contributed by atoms with Crippen LogP contribution in [0.1, 0.15) is 12.8 Å². The maximum atomic E-state index is 11.9. The van der Waals surface area contributed by atoms with E-state index in [9.17, 15) is 9.59 Å². The monoisotopic (exact) mass is 274 g/mol. The molecule has 0 aromatic rings. The molecule has 1 rings (SSSR count). The maximum Gasteiger partial charge on any atom is 0.317 e. The van der Waals surface area contributed by atoms with E-state index >= 15 is 0 Å². The molecule has 1 aliphatic rings. The van der Waals surface area contributed by atoms with Crippen LogP contribution in [0, 0.1) is 5.92 Å². The van der Waals surface area contributed by atoms with Crippen LogP contribution in [-0.2, 0) is 14.3 Å². The quantitative estimate of drug-likeness (QED) is 0.720. The first-order valence-electron chi connectivity index (χ1n) is 6.35. The lowest BCUT2D eigenvalue weighted by Gasteiger charge is -2.31. The Morgan fingerprint density at radius 1 is 1.47 bits per heavy atom. The minimum atomic E-state index is -0.841. The van der Waals surface area contributed by atoms with Crippen molar-refractivity contribution in [2.24, 2.45) is 5.92 Å². The van der Waals surface area contributed by atoms with Crippen LogP contribution in [0.25, 0.3) is 0 Å². The molecule has 0 bridgehead atoms. The Labute approximate surface area is 112 Å². The molecule has 1 heterocycles. The number of methoxy groups -OCH3 is 2. The van der Waals surface area contributed by atoms with Gasteiger partial charge < -0.3 is 24.8 Å². The van der Waals surface area contributed by atoms with Crippen LogP contribution in [0.3, 0.4) is 0 Å².